The number of benzene rings is 2. The van der Waals surface area contributed by atoms with Crippen molar-refractivity contribution in [3.05, 3.63) is 85.1 Å². The molecule has 6 rings (SSSR count). The van der Waals surface area contributed by atoms with Crippen molar-refractivity contribution in [1.29, 1.82) is 0 Å². The zero-order valence-electron chi connectivity index (χ0n) is 24.4. The molecule has 1 saturated carbocycles. The van der Waals surface area contributed by atoms with Gasteiger partial charge in [-0.25, -0.2) is 9.97 Å². The predicted molar refractivity (Wildman–Crippen MR) is 168 cm³/mol. The van der Waals surface area contributed by atoms with Crippen LogP contribution in [0, 0.1) is 11.3 Å². The number of rotatable bonds is 4. The molecule has 2 aliphatic heterocycles. The molecule has 3 aliphatic rings. The Morgan fingerprint density at radius 3 is 3.00 bits per heavy atom. The van der Waals surface area contributed by atoms with E-state index >= 15 is 0 Å². The van der Waals surface area contributed by atoms with Crippen molar-refractivity contribution < 1.29 is 9.53 Å². The van der Waals surface area contributed by atoms with E-state index in [9.17, 15) is 4.79 Å². The van der Waals surface area contributed by atoms with Gasteiger partial charge in [-0.1, -0.05) is 30.9 Å². The number of hydrogen-bond donors (Lipinski definition) is 2. The van der Waals surface area contributed by atoms with Crippen molar-refractivity contribution in [2.24, 2.45) is 11.3 Å². The smallest absolute Gasteiger partial charge is 0.245 e. The Hall–Kier alpha value is -4.17. The van der Waals surface area contributed by atoms with E-state index in [2.05, 4.69) is 64.5 Å². The molecular formula is C34H40N6O2. The van der Waals surface area contributed by atoms with Crippen molar-refractivity contribution in [2.75, 3.05) is 50.5 Å². The second-order valence-electron chi connectivity index (χ2n) is 12.0. The Morgan fingerprint density at radius 2 is 2.12 bits per heavy atom. The fourth-order valence-electron chi connectivity index (χ4n) is 6.56. The normalized spacial score (nSPS) is 23.1. The summed E-state index contributed by atoms with van der Waals surface area (Å²) < 4.78 is 5.98. The predicted octanol–water partition coefficient (Wildman–Crippen LogP) is 5.88. The second kappa shape index (κ2) is 12.4. The standard InChI is InChI=1S/C34H40N6O2/c1-3-32(41)40-14-11-34(24-40)20-26(21-34)22-36-28-16-25-17-29(19-28)37-33-35-12-10-31(38-33)27-8-7-9-30(18-27)42-15-6-4-5-13-39(2)23-25/h3-5,7-10,12,16-19,26,36H,1,6,11,13-15,20-24H2,2H3,(H,35,37,38)/b5-4+. The molecule has 1 aliphatic carbocycles. The van der Waals surface area contributed by atoms with E-state index < -0.39 is 0 Å². The van der Waals surface area contributed by atoms with Crippen LogP contribution in [0.2, 0.25) is 0 Å². The van der Waals surface area contributed by atoms with Crippen LogP contribution in [0.1, 0.15) is 31.2 Å². The van der Waals surface area contributed by atoms with Crippen LogP contribution in [0.15, 0.2) is 79.5 Å². The lowest BCUT2D eigenvalue weighted by atomic mass is 9.61. The molecule has 1 saturated heterocycles. The first-order chi connectivity index (χ1) is 20.5. The molecule has 3 heterocycles. The summed E-state index contributed by atoms with van der Waals surface area (Å²) in [5, 5.41) is 7.17. The van der Waals surface area contributed by atoms with Gasteiger partial charge in [0.2, 0.25) is 11.9 Å². The zero-order chi connectivity index (χ0) is 28.9. The maximum Gasteiger partial charge on any atom is 0.245 e. The van der Waals surface area contributed by atoms with Crippen molar-refractivity contribution in [2.45, 2.75) is 32.2 Å². The summed E-state index contributed by atoms with van der Waals surface area (Å²) in [5.41, 5.74) is 5.38. The average Bonchev–Trinajstić information content (AvgIpc) is 3.43. The maximum absolute atomic E-state index is 12.1. The van der Waals surface area contributed by atoms with E-state index in [0.717, 1.165) is 86.8 Å². The Kier molecular flexibility index (Phi) is 8.24. The van der Waals surface area contributed by atoms with Gasteiger partial charge in [0, 0.05) is 55.9 Å². The number of nitrogens with one attached hydrogen (secondary N) is 2. The number of carbonyl (C=O) groups is 1. The van der Waals surface area contributed by atoms with Gasteiger partial charge >= 0.3 is 0 Å². The minimum absolute atomic E-state index is 0.0611. The summed E-state index contributed by atoms with van der Waals surface area (Å²) in [5.74, 6) is 2.06. The van der Waals surface area contributed by atoms with Crippen LogP contribution >= 0.6 is 0 Å². The highest BCUT2D eigenvalue weighted by atomic mass is 16.5. The molecule has 8 nitrogen and oxygen atoms in total. The zero-order valence-corrected chi connectivity index (χ0v) is 24.4. The van der Waals surface area contributed by atoms with E-state index in [1.807, 2.05) is 35.2 Å². The molecule has 2 N–H and O–H groups in total. The SMILES string of the molecule is C=CC(=O)N1CCC2(CC(CNc3cc4cc(c3)Nc3nccc(n3)-c3cccc(c3)OCC/C=C/CN(C)C4)C2)C1. The van der Waals surface area contributed by atoms with Crippen LogP contribution in [-0.4, -0.2) is 65.5 Å². The molecule has 8 heteroatoms. The average molecular weight is 565 g/mol. The van der Waals surface area contributed by atoms with Crippen LogP contribution in [0.3, 0.4) is 0 Å². The Bertz CT molecular complexity index is 1460. The number of hydrogen-bond acceptors (Lipinski definition) is 7. The van der Waals surface area contributed by atoms with Gasteiger partial charge in [-0.05, 0) is 92.1 Å². The third-order valence-electron chi connectivity index (χ3n) is 8.59. The van der Waals surface area contributed by atoms with Gasteiger partial charge in [0.05, 0.1) is 12.3 Å². The highest BCUT2D eigenvalue weighted by molar-refractivity contribution is 5.87. The molecule has 1 amide bonds. The minimum atomic E-state index is 0.0611. The Balaban J connectivity index is 1.19. The highest BCUT2D eigenvalue weighted by Crippen LogP contribution is 2.51. The number of anilines is 3. The first-order valence-electron chi connectivity index (χ1n) is 14.9. The lowest BCUT2D eigenvalue weighted by Gasteiger charge is -2.45. The molecule has 2 fully saturated rings. The summed E-state index contributed by atoms with van der Waals surface area (Å²) in [6.45, 7) is 8.60. The second-order valence-corrected chi connectivity index (χ2v) is 12.0. The molecule has 0 atom stereocenters. The van der Waals surface area contributed by atoms with Gasteiger partial charge in [-0.3, -0.25) is 9.69 Å². The van der Waals surface area contributed by atoms with E-state index in [1.165, 1.54) is 11.6 Å². The molecule has 42 heavy (non-hydrogen) atoms. The number of fused-ring (bicyclic) bond motifs is 7. The van der Waals surface area contributed by atoms with Crippen molar-refractivity contribution in [1.82, 2.24) is 19.8 Å². The molecular weight excluding hydrogens is 524 g/mol. The number of amides is 1. The fourth-order valence-corrected chi connectivity index (χ4v) is 6.56. The molecule has 218 valence electrons. The van der Waals surface area contributed by atoms with Crippen LogP contribution < -0.4 is 15.4 Å². The summed E-state index contributed by atoms with van der Waals surface area (Å²) in [7, 11) is 2.14. The minimum Gasteiger partial charge on any atom is -0.493 e. The number of nitrogens with zero attached hydrogens (tertiary/aromatic N) is 4. The van der Waals surface area contributed by atoms with Crippen LogP contribution in [0.4, 0.5) is 17.3 Å². The van der Waals surface area contributed by atoms with Crippen LogP contribution in [-0.2, 0) is 11.3 Å². The largest absolute Gasteiger partial charge is 0.493 e. The molecule has 3 aromatic rings. The highest BCUT2D eigenvalue weighted by Gasteiger charge is 2.48. The van der Waals surface area contributed by atoms with Crippen LogP contribution in [0.5, 0.6) is 5.75 Å². The van der Waals surface area contributed by atoms with E-state index in [-0.39, 0.29) is 5.91 Å². The number of ether oxygens (including phenoxy) is 1. The number of aromatic nitrogens is 2. The van der Waals surface area contributed by atoms with Crippen LogP contribution in [0.25, 0.3) is 11.3 Å². The Labute approximate surface area is 248 Å². The first kappa shape index (κ1) is 28.0. The van der Waals surface area contributed by atoms with Gasteiger partial charge < -0.3 is 20.3 Å². The maximum atomic E-state index is 12.1. The van der Waals surface area contributed by atoms with E-state index in [0.29, 0.717) is 23.9 Å². The molecule has 6 bridgehead atoms. The van der Waals surface area contributed by atoms with Gasteiger partial charge in [-0.2, -0.15) is 0 Å². The molecule has 1 aromatic heterocycles. The lowest BCUT2D eigenvalue weighted by Crippen LogP contribution is -2.43. The number of likely N-dealkylation sites (tertiary alicyclic amines) is 1. The molecule has 1 spiro atoms. The summed E-state index contributed by atoms with van der Waals surface area (Å²) in [6.07, 6.45) is 11.9. The first-order valence-corrected chi connectivity index (χ1v) is 14.9. The summed E-state index contributed by atoms with van der Waals surface area (Å²) in [4.78, 5) is 25.6. The quantitative estimate of drug-likeness (QED) is 0.302. The molecule has 0 radical (unpaired) electrons. The third-order valence-corrected chi connectivity index (χ3v) is 8.59. The van der Waals surface area contributed by atoms with Gasteiger partial charge in [-0.15, -0.1) is 0 Å². The third kappa shape index (κ3) is 6.65. The van der Waals surface area contributed by atoms with Gasteiger partial charge in [0.25, 0.3) is 0 Å². The van der Waals surface area contributed by atoms with Crippen molar-refractivity contribution in [3.63, 3.8) is 0 Å². The van der Waals surface area contributed by atoms with Gasteiger partial charge in [0.15, 0.2) is 0 Å². The van der Waals surface area contributed by atoms with Crippen molar-refractivity contribution >= 4 is 23.2 Å². The fraction of sp³-hybridized carbons (Fsp3) is 0.382. The van der Waals surface area contributed by atoms with Gasteiger partial charge in [0.1, 0.15) is 5.75 Å². The molecule has 0 unspecified atom stereocenters. The number of likely N-dealkylation sites (N-methyl/N-ethyl adjacent to an activating group) is 1. The summed E-state index contributed by atoms with van der Waals surface area (Å²) in [6, 6.07) is 16.5. The number of carbonyl (C=O) groups excluding carboxylic acids is 1. The van der Waals surface area contributed by atoms with E-state index in [1.54, 1.807) is 6.20 Å². The Morgan fingerprint density at radius 1 is 1.21 bits per heavy atom. The van der Waals surface area contributed by atoms with E-state index in [4.69, 9.17) is 9.72 Å². The summed E-state index contributed by atoms with van der Waals surface area (Å²) >= 11 is 0. The lowest BCUT2D eigenvalue weighted by molar-refractivity contribution is -0.125. The topological polar surface area (TPSA) is 82.6 Å². The molecule has 2 aromatic carbocycles. The van der Waals surface area contributed by atoms with Crippen molar-refractivity contribution in [3.8, 4) is 17.0 Å². The monoisotopic (exact) mass is 564 g/mol.